The highest BCUT2D eigenvalue weighted by atomic mass is 35.5. The molecule has 3 aliphatic rings. The fourth-order valence-electron chi connectivity index (χ4n) is 5.60. The summed E-state index contributed by atoms with van der Waals surface area (Å²) >= 11 is 0. The van der Waals surface area contributed by atoms with E-state index in [-0.39, 0.29) is 54.8 Å². The first-order valence-corrected chi connectivity index (χ1v) is 13.2. The number of alkyl halides is 2. The second kappa shape index (κ2) is 12.7. The fourth-order valence-corrected chi connectivity index (χ4v) is 5.60. The molecule has 12 heteroatoms. The van der Waals surface area contributed by atoms with Gasteiger partial charge in [-0.05, 0) is 13.0 Å². The molecule has 2 atom stereocenters. The molecule has 1 N–H and O–H groups in total. The highest BCUT2D eigenvalue weighted by Crippen LogP contribution is 2.43. The van der Waals surface area contributed by atoms with Gasteiger partial charge in [0.25, 0.3) is 0 Å². The molecule has 0 saturated carbocycles. The zero-order chi connectivity index (χ0) is 27.1. The third kappa shape index (κ3) is 6.26. The molecule has 3 aliphatic heterocycles. The largest absolute Gasteiger partial charge is 0.378 e. The van der Waals surface area contributed by atoms with Crippen LogP contribution in [0.5, 0.6) is 0 Å². The van der Waals surface area contributed by atoms with E-state index in [2.05, 4.69) is 10.3 Å². The first-order valence-electron chi connectivity index (χ1n) is 13.2. The lowest BCUT2D eigenvalue weighted by Crippen LogP contribution is -2.63. The van der Waals surface area contributed by atoms with Gasteiger partial charge in [-0.3, -0.25) is 19.5 Å². The molecule has 0 radical (unpaired) electrons. The van der Waals surface area contributed by atoms with Crippen molar-refractivity contribution in [2.24, 2.45) is 0 Å². The Morgan fingerprint density at radius 2 is 1.82 bits per heavy atom. The number of benzene rings is 1. The molecule has 40 heavy (non-hydrogen) atoms. The average molecular weight is 601 g/mol. The van der Waals surface area contributed by atoms with Crippen LogP contribution in [0.1, 0.15) is 37.6 Å². The van der Waals surface area contributed by atoms with E-state index in [4.69, 9.17) is 4.74 Å². The quantitative estimate of drug-likeness (QED) is 0.569. The van der Waals surface area contributed by atoms with Crippen LogP contribution in [0.3, 0.4) is 0 Å². The van der Waals surface area contributed by atoms with Crippen LogP contribution in [-0.2, 0) is 25.7 Å². The number of pyridine rings is 1. The van der Waals surface area contributed by atoms with Gasteiger partial charge in [-0.2, -0.15) is 8.78 Å². The van der Waals surface area contributed by atoms with Crippen LogP contribution >= 0.6 is 24.8 Å². The van der Waals surface area contributed by atoms with E-state index in [9.17, 15) is 9.59 Å². The van der Waals surface area contributed by atoms with Crippen LogP contribution in [0.2, 0.25) is 0 Å². The first-order chi connectivity index (χ1) is 18.1. The normalized spacial score (nSPS) is 22.6. The Kier molecular flexibility index (Phi) is 10.2. The number of nitrogens with one attached hydrogen (secondary N) is 1. The molecule has 1 aromatic carbocycles. The van der Waals surface area contributed by atoms with Gasteiger partial charge in [-0.15, -0.1) is 24.8 Å². The monoisotopic (exact) mass is 599 g/mol. The van der Waals surface area contributed by atoms with E-state index in [0.29, 0.717) is 51.6 Å². The third-order valence-corrected chi connectivity index (χ3v) is 7.77. The molecule has 2 amide bonds. The van der Waals surface area contributed by atoms with Gasteiger partial charge in [0.2, 0.25) is 11.8 Å². The number of ether oxygens (including phenoxy) is 1. The number of halogens is 4. The molecule has 2 fully saturated rings. The average Bonchev–Trinajstić information content (AvgIpc) is 3.19. The number of nitrogens with zero attached hydrogens (tertiary/aromatic N) is 4. The highest BCUT2D eigenvalue weighted by Gasteiger charge is 2.43. The van der Waals surface area contributed by atoms with Crippen molar-refractivity contribution < 1.29 is 23.1 Å². The molecule has 0 spiro atoms. The van der Waals surface area contributed by atoms with Crippen molar-refractivity contribution in [3.8, 4) is 0 Å². The molecule has 5 rings (SSSR count). The van der Waals surface area contributed by atoms with E-state index in [0.717, 1.165) is 5.56 Å². The van der Waals surface area contributed by atoms with Crippen LogP contribution < -0.4 is 10.2 Å². The third-order valence-electron chi connectivity index (χ3n) is 7.77. The molecule has 2 saturated heterocycles. The number of rotatable bonds is 5. The number of hydrogen-bond acceptors (Lipinski definition) is 6. The van der Waals surface area contributed by atoms with Crippen molar-refractivity contribution in [1.29, 1.82) is 0 Å². The topological polar surface area (TPSA) is 78.0 Å². The van der Waals surface area contributed by atoms with Crippen molar-refractivity contribution in [3.63, 3.8) is 0 Å². The summed E-state index contributed by atoms with van der Waals surface area (Å²) < 4.78 is 36.1. The van der Waals surface area contributed by atoms with Gasteiger partial charge < -0.3 is 19.9 Å². The molecular formula is C28H37Cl2F2N5O3. The minimum absolute atomic E-state index is 0. The standard InChI is InChI=1S/C28H35F2N5O3.2ClH/c1-19-16-34(23(15-31-19)26(37)33-9-11-38-12-10-33)17-25(36)35-18-27(2,3)21-14-32-24(13-22(21)35)28(29,30)20-7-5-4-6-8-20;;/h4-8,13-14,19,23,31H,9-12,15-18H2,1-3H3;2*1H/t19-,23-;;/m1../s1. The number of morpholine rings is 1. The van der Waals surface area contributed by atoms with Crippen LogP contribution in [0.25, 0.3) is 0 Å². The number of carbonyl (C=O) groups excluding carboxylic acids is 2. The number of hydrogen-bond donors (Lipinski definition) is 1. The maximum Gasteiger partial charge on any atom is 0.314 e. The highest BCUT2D eigenvalue weighted by molar-refractivity contribution is 5.98. The Hall–Kier alpha value is -2.37. The second-order valence-corrected chi connectivity index (χ2v) is 11.1. The molecule has 1 aromatic heterocycles. The maximum absolute atomic E-state index is 15.4. The van der Waals surface area contributed by atoms with E-state index in [1.54, 1.807) is 28.0 Å². The number of aromatic nitrogens is 1. The molecule has 0 unspecified atom stereocenters. The number of carbonyl (C=O) groups is 2. The van der Waals surface area contributed by atoms with Crippen molar-refractivity contribution in [3.05, 3.63) is 59.4 Å². The Morgan fingerprint density at radius 1 is 1.15 bits per heavy atom. The van der Waals surface area contributed by atoms with E-state index < -0.39 is 23.1 Å². The summed E-state index contributed by atoms with van der Waals surface area (Å²) in [5.41, 5.74) is 0.224. The molecule has 2 aromatic rings. The van der Waals surface area contributed by atoms with Gasteiger partial charge >= 0.3 is 5.92 Å². The molecule has 8 nitrogen and oxygen atoms in total. The van der Waals surface area contributed by atoms with Gasteiger partial charge in [0.05, 0.1) is 25.4 Å². The molecule has 4 heterocycles. The molecular weight excluding hydrogens is 563 g/mol. The van der Waals surface area contributed by atoms with Gasteiger partial charge in [0, 0.05) is 61.5 Å². The number of anilines is 1. The number of piperazine rings is 1. The summed E-state index contributed by atoms with van der Waals surface area (Å²) in [5.74, 6) is -3.54. The van der Waals surface area contributed by atoms with E-state index >= 15 is 8.78 Å². The Labute approximate surface area is 246 Å². The smallest absolute Gasteiger partial charge is 0.314 e. The lowest BCUT2D eigenvalue weighted by atomic mass is 9.88. The predicted molar refractivity (Wildman–Crippen MR) is 154 cm³/mol. The Balaban J connectivity index is 0.00000220. The van der Waals surface area contributed by atoms with Crippen LogP contribution in [0, 0.1) is 0 Å². The van der Waals surface area contributed by atoms with Crippen LogP contribution in [0.15, 0.2) is 42.6 Å². The summed E-state index contributed by atoms with van der Waals surface area (Å²) in [6.07, 6.45) is 1.48. The van der Waals surface area contributed by atoms with Crippen molar-refractivity contribution in [2.75, 3.05) is 57.4 Å². The lowest BCUT2D eigenvalue weighted by Gasteiger charge is -2.41. The summed E-state index contributed by atoms with van der Waals surface area (Å²) in [6, 6.07) is 8.56. The Bertz CT molecular complexity index is 1200. The fraction of sp³-hybridized carbons (Fsp3) is 0.536. The molecule has 0 aliphatic carbocycles. The van der Waals surface area contributed by atoms with E-state index in [1.165, 1.54) is 24.4 Å². The Morgan fingerprint density at radius 3 is 2.50 bits per heavy atom. The van der Waals surface area contributed by atoms with E-state index in [1.807, 2.05) is 25.7 Å². The van der Waals surface area contributed by atoms with Crippen molar-refractivity contribution in [2.45, 2.75) is 44.2 Å². The second-order valence-electron chi connectivity index (χ2n) is 11.1. The zero-order valence-electron chi connectivity index (χ0n) is 22.9. The van der Waals surface area contributed by atoms with Gasteiger partial charge in [0.1, 0.15) is 11.7 Å². The van der Waals surface area contributed by atoms with Crippen molar-refractivity contribution in [1.82, 2.24) is 20.1 Å². The summed E-state index contributed by atoms with van der Waals surface area (Å²) in [5, 5.41) is 3.36. The predicted octanol–water partition coefficient (Wildman–Crippen LogP) is 3.21. The molecule has 0 bridgehead atoms. The zero-order valence-corrected chi connectivity index (χ0v) is 24.6. The summed E-state index contributed by atoms with van der Waals surface area (Å²) in [7, 11) is 0. The maximum atomic E-state index is 15.4. The van der Waals surface area contributed by atoms with Crippen molar-refractivity contribution >= 4 is 42.3 Å². The molecule has 220 valence electrons. The minimum Gasteiger partial charge on any atom is -0.378 e. The van der Waals surface area contributed by atoms with Crippen LogP contribution in [-0.4, -0.2) is 91.2 Å². The lowest BCUT2D eigenvalue weighted by molar-refractivity contribution is -0.142. The van der Waals surface area contributed by atoms with Gasteiger partial charge in [-0.25, -0.2) is 0 Å². The summed E-state index contributed by atoms with van der Waals surface area (Å²) in [4.78, 5) is 36.5. The SMILES string of the molecule is C[C@@H]1CN(CC(=O)N2CC(C)(C)c3cnc(C(F)(F)c4ccccc4)cc32)[C@@H](C(=O)N2CCOCC2)CN1.Cl.Cl. The first kappa shape index (κ1) is 32.1. The number of fused-ring (bicyclic) bond motifs is 1. The minimum atomic E-state index is -3.30. The van der Waals surface area contributed by atoms with Gasteiger partial charge in [-0.1, -0.05) is 44.2 Å². The summed E-state index contributed by atoms with van der Waals surface area (Å²) in [6.45, 7) is 9.41. The van der Waals surface area contributed by atoms with Gasteiger partial charge in [0.15, 0.2) is 0 Å². The number of amides is 2. The van der Waals surface area contributed by atoms with Crippen LogP contribution in [0.4, 0.5) is 14.5 Å².